The maximum Gasteiger partial charge on any atom is 0.344 e. The van der Waals surface area contributed by atoms with Crippen molar-refractivity contribution in [3.05, 3.63) is 70.7 Å². The summed E-state index contributed by atoms with van der Waals surface area (Å²) in [6.07, 6.45) is 0.992. The van der Waals surface area contributed by atoms with Crippen molar-refractivity contribution in [3.63, 3.8) is 0 Å². The van der Waals surface area contributed by atoms with E-state index < -0.39 is 29.3 Å². The Labute approximate surface area is 196 Å². The van der Waals surface area contributed by atoms with Crippen LogP contribution in [0.15, 0.2) is 54.6 Å². The Morgan fingerprint density at radius 3 is 2.55 bits per heavy atom. The molecule has 5 amide bonds. The largest absolute Gasteiger partial charge is 0.344 e. The summed E-state index contributed by atoms with van der Waals surface area (Å²) in [6, 6.07) is 16.2. The molecule has 0 radical (unpaired) electrons. The van der Waals surface area contributed by atoms with E-state index in [2.05, 4.69) is 10.7 Å². The molecule has 2 heterocycles. The minimum Gasteiger partial charge on any atom is -0.337 e. The highest BCUT2D eigenvalue weighted by Gasteiger charge is 2.49. The zero-order chi connectivity index (χ0) is 23.6. The predicted octanol–water partition coefficient (Wildman–Crippen LogP) is 2.66. The number of urea groups is 1. The van der Waals surface area contributed by atoms with E-state index in [4.69, 9.17) is 11.6 Å². The molecule has 2 N–H and O–H groups in total. The quantitative estimate of drug-likeness (QED) is 0.610. The van der Waals surface area contributed by atoms with Gasteiger partial charge >= 0.3 is 6.03 Å². The fraction of sp³-hybridized carbons (Fsp3) is 0.333. The topological polar surface area (TPSA) is 98.8 Å². The SMILES string of the molecule is C[C@]1(CCc2ccccc2)NC(=O)N(NC(=O)[C@H]2CC(=O)N(Cc3ccccc3Cl)C2)C1=O. The molecule has 2 fully saturated rings. The zero-order valence-corrected chi connectivity index (χ0v) is 19.0. The number of hydrazine groups is 1. The van der Waals surface area contributed by atoms with Crippen molar-refractivity contribution >= 4 is 35.4 Å². The van der Waals surface area contributed by atoms with Crippen LogP contribution in [-0.2, 0) is 27.3 Å². The molecule has 9 heteroatoms. The summed E-state index contributed by atoms with van der Waals surface area (Å²) in [5.41, 5.74) is 3.13. The lowest BCUT2D eigenvalue weighted by atomic mass is 9.93. The van der Waals surface area contributed by atoms with Crippen molar-refractivity contribution in [2.45, 2.75) is 38.3 Å². The van der Waals surface area contributed by atoms with Gasteiger partial charge in [-0.1, -0.05) is 60.1 Å². The molecule has 172 valence electrons. The summed E-state index contributed by atoms with van der Waals surface area (Å²) in [6.45, 7) is 2.13. The third-order valence-corrected chi connectivity index (χ3v) is 6.51. The van der Waals surface area contributed by atoms with E-state index in [0.29, 0.717) is 24.4 Å². The molecule has 0 aliphatic carbocycles. The van der Waals surface area contributed by atoms with Crippen LogP contribution < -0.4 is 10.7 Å². The second-order valence-electron chi connectivity index (χ2n) is 8.63. The number of amides is 5. The van der Waals surface area contributed by atoms with Crippen molar-refractivity contribution in [1.82, 2.24) is 20.7 Å². The number of imide groups is 1. The third kappa shape index (κ3) is 4.85. The maximum absolute atomic E-state index is 13.0. The second kappa shape index (κ2) is 9.23. The minimum absolute atomic E-state index is 0.00517. The molecule has 0 aromatic heterocycles. The fourth-order valence-corrected chi connectivity index (χ4v) is 4.32. The Hall–Kier alpha value is -3.39. The first kappa shape index (κ1) is 22.8. The number of carbonyl (C=O) groups is 4. The van der Waals surface area contributed by atoms with Crippen molar-refractivity contribution < 1.29 is 19.2 Å². The molecule has 2 aromatic carbocycles. The number of nitrogens with zero attached hydrogens (tertiary/aromatic N) is 2. The van der Waals surface area contributed by atoms with Crippen LogP contribution in [0, 0.1) is 5.92 Å². The van der Waals surface area contributed by atoms with Crippen molar-refractivity contribution in [2.24, 2.45) is 5.92 Å². The zero-order valence-electron chi connectivity index (χ0n) is 18.2. The molecular weight excluding hydrogens is 444 g/mol. The van der Waals surface area contributed by atoms with Gasteiger partial charge in [-0.05, 0) is 37.0 Å². The third-order valence-electron chi connectivity index (χ3n) is 6.14. The van der Waals surface area contributed by atoms with Crippen molar-refractivity contribution in [3.8, 4) is 0 Å². The molecule has 0 saturated carbocycles. The lowest BCUT2D eigenvalue weighted by molar-refractivity contribution is -0.140. The number of rotatable bonds is 7. The van der Waals surface area contributed by atoms with Gasteiger partial charge in [-0.2, -0.15) is 5.01 Å². The first-order chi connectivity index (χ1) is 15.8. The number of carbonyl (C=O) groups excluding carboxylic acids is 4. The van der Waals surface area contributed by atoms with E-state index in [9.17, 15) is 19.2 Å². The van der Waals surface area contributed by atoms with Gasteiger partial charge in [-0.25, -0.2) is 4.79 Å². The van der Waals surface area contributed by atoms with Crippen LogP contribution in [0.5, 0.6) is 0 Å². The van der Waals surface area contributed by atoms with E-state index in [-0.39, 0.29) is 18.9 Å². The predicted molar refractivity (Wildman–Crippen MR) is 122 cm³/mol. The number of hydrogen-bond donors (Lipinski definition) is 2. The molecule has 8 nitrogen and oxygen atoms in total. The van der Waals surface area contributed by atoms with Gasteiger partial charge < -0.3 is 10.2 Å². The Balaban J connectivity index is 1.36. The van der Waals surface area contributed by atoms with Crippen LogP contribution >= 0.6 is 11.6 Å². The Morgan fingerprint density at radius 1 is 1.12 bits per heavy atom. The molecule has 4 rings (SSSR count). The first-order valence-electron chi connectivity index (χ1n) is 10.8. The summed E-state index contributed by atoms with van der Waals surface area (Å²) < 4.78 is 0. The van der Waals surface area contributed by atoms with Gasteiger partial charge in [0.05, 0.1) is 5.92 Å². The highest BCUT2D eigenvalue weighted by molar-refractivity contribution is 6.31. The van der Waals surface area contributed by atoms with Gasteiger partial charge in [0.15, 0.2) is 0 Å². The van der Waals surface area contributed by atoms with Crippen LogP contribution in [0.4, 0.5) is 4.79 Å². The van der Waals surface area contributed by atoms with Gasteiger partial charge in [-0.15, -0.1) is 0 Å². The lowest BCUT2D eigenvalue weighted by Gasteiger charge is -2.22. The molecule has 0 bridgehead atoms. The average molecular weight is 469 g/mol. The van der Waals surface area contributed by atoms with Crippen molar-refractivity contribution in [2.75, 3.05) is 6.54 Å². The van der Waals surface area contributed by atoms with Crippen LogP contribution in [0.2, 0.25) is 5.02 Å². The summed E-state index contributed by atoms with van der Waals surface area (Å²) in [5.74, 6) is -1.91. The summed E-state index contributed by atoms with van der Waals surface area (Å²) >= 11 is 6.18. The van der Waals surface area contributed by atoms with Crippen molar-refractivity contribution in [1.29, 1.82) is 0 Å². The van der Waals surface area contributed by atoms with Gasteiger partial charge in [-0.3, -0.25) is 19.8 Å². The standard InChI is InChI=1S/C24H25ClN4O4/c1-24(12-11-16-7-3-2-4-8-16)22(32)29(23(33)26-24)27-21(31)18-13-20(30)28(15-18)14-17-9-5-6-10-19(17)25/h2-10,18H,11-15H2,1H3,(H,26,33)(H,27,31)/t18-,24+/m0/s1. The molecule has 2 aliphatic rings. The van der Waals surface area contributed by atoms with Gasteiger partial charge in [0.1, 0.15) is 5.54 Å². The molecule has 2 aliphatic heterocycles. The normalized spacial score (nSPS) is 22.6. The Morgan fingerprint density at radius 2 is 1.82 bits per heavy atom. The summed E-state index contributed by atoms with van der Waals surface area (Å²) in [7, 11) is 0. The minimum atomic E-state index is -1.12. The van der Waals surface area contributed by atoms with E-state index in [1.807, 2.05) is 42.5 Å². The lowest BCUT2D eigenvalue weighted by Crippen LogP contribution is -2.50. The number of nitrogens with one attached hydrogen (secondary N) is 2. The smallest absolute Gasteiger partial charge is 0.337 e. The van der Waals surface area contributed by atoms with Gasteiger partial charge in [0.25, 0.3) is 5.91 Å². The van der Waals surface area contributed by atoms with Crippen LogP contribution in [0.1, 0.15) is 30.9 Å². The van der Waals surface area contributed by atoms with E-state index in [0.717, 1.165) is 16.1 Å². The van der Waals surface area contributed by atoms with Gasteiger partial charge in [0, 0.05) is 24.5 Å². The number of benzene rings is 2. The monoisotopic (exact) mass is 468 g/mol. The molecule has 0 spiro atoms. The highest BCUT2D eigenvalue weighted by atomic mass is 35.5. The summed E-state index contributed by atoms with van der Waals surface area (Å²) in [4.78, 5) is 52.2. The molecule has 33 heavy (non-hydrogen) atoms. The number of hydrogen-bond acceptors (Lipinski definition) is 4. The van der Waals surface area contributed by atoms with Crippen LogP contribution in [-0.4, -0.2) is 45.7 Å². The van der Waals surface area contributed by atoms with E-state index in [1.165, 1.54) is 0 Å². The number of likely N-dealkylation sites (tertiary alicyclic amines) is 1. The van der Waals surface area contributed by atoms with Crippen LogP contribution in [0.3, 0.4) is 0 Å². The van der Waals surface area contributed by atoms with Crippen LogP contribution in [0.25, 0.3) is 0 Å². The summed E-state index contributed by atoms with van der Waals surface area (Å²) in [5, 5.41) is 3.96. The molecular formula is C24H25ClN4O4. The van der Waals surface area contributed by atoms with Gasteiger partial charge in [0.2, 0.25) is 11.8 Å². The maximum atomic E-state index is 13.0. The Kier molecular flexibility index (Phi) is 6.37. The molecule has 0 unspecified atom stereocenters. The number of halogens is 1. The van der Waals surface area contributed by atoms with E-state index in [1.54, 1.807) is 24.0 Å². The first-order valence-corrected chi connectivity index (χ1v) is 11.2. The highest BCUT2D eigenvalue weighted by Crippen LogP contribution is 2.25. The molecule has 2 atom stereocenters. The number of aryl methyl sites for hydroxylation is 1. The average Bonchev–Trinajstić information content (AvgIpc) is 3.27. The second-order valence-corrected chi connectivity index (χ2v) is 9.04. The Bertz CT molecular complexity index is 1090. The fourth-order valence-electron chi connectivity index (χ4n) is 4.13. The molecule has 2 aromatic rings. The molecule has 2 saturated heterocycles. The van der Waals surface area contributed by atoms with E-state index >= 15 is 0 Å².